The molecule has 2 heterocycles. The minimum absolute atomic E-state index is 0.126. The highest BCUT2D eigenvalue weighted by molar-refractivity contribution is 8.00. The van der Waals surface area contributed by atoms with Crippen LogP contribution in [0.15, 0.2) is 34.2 Å². The molecule has 1 fully saturated rings. The van der Waals surface area contributed by atoms with Crippen molar-refractivity contribution in [3.63, 3.8) is 0 Å². The average Bonchev–Trinajstić information content (AvgIpc) is 2.79. The Labute approximate surface area is 159 Å². The van der Waals surface area contributed by atoms with Crippen LogP contribution in [0.3, 0.4) is 0 Å². The molecule has 2 aliphatic rings. The fraction of sp³-hybridized carbons (Fsp3) is 0.474. The first-order chi connectivity index (χ1) is 12.8. The number of nitrogens with zero attached hydrogens (tertiary/aromatic N) is 3. The van der Waals surface area contributed by atoms with Crippen LogP contribution >= 0.6 is 0 Å². The Morgan fingerprint density at radius 1 is 1.15 bits per heavy atom. The van der Waals surface area contributed by atoms with Gasteiger partial charge in [-0.05, 0) is 37.5 Å². The number of benzene rings is 1. The Kier molecular flexibility index (Phi) is 5.64. The van der Waals surface area contributed by atoms with E-state index in [9.17, 15) is 17.6 Å². The van der Waals surface area contributed by atoms with Gasteiger partial charge in [-0.1, -0.05) is 19.1 Å². The molecule has 27 heavy (non-hydrogen) atoms. The molecule has 6 nitrogen and oxygen atoms in total. The number of rotatable bonds is 3. The van der Waals surface area contributed by atoms with Gasteiger partial charge in [0.1, 0.15) is 16.6 Å². The van der Waals surface area contributed by atoms with Crippen LogP contribution in [0.25, 0.3) is 4.91 Å². The van der Waals surface area contributed by atoms with Crippen LogP contribution in [-0.4, -0.2) is 56.1 Å². The number of amidine groups is 1. The Morgan fingerprint density at radius 2 is 1.85 bits per heavy atom. The second-order valence-electron chi connectivity index (χ2n) is 6.82. The molecular formula is C19H24FN3O3S. The van der Waals surface area contributed by atoms with Crippen molar-refractivity contribution in [3.8, 4) is 0 Å². The van der Waals surface area contributed by atoms with Gasteiger partial charge < -0.3 is 9.80 Å². The zero-order valence-electron chi connectivity index (χ0n) is 15.6. The predicted molar refractivity (Wildman–Crippen MR) is 103 cm³/mol. The van der Waals surface area contributed by atoms with Crippen molar-refractivity contribution in [1.29, 1.82) is 0 Å². The van der Waals surface area contributed by atoms with Crippen molar-refractivity contribution in [2.45, 2.75) is 33.1 Å². The van der Waals surface area contributed by atoms with Crippen molar-refractivity contribution in [3.05, 3.63) is 41.2 Å². The number of hydrogen-bond donors (Lipinski definition) is 0. The zero-order valence-corrected chi connectivity index (χ0v) is 16.4. The van der Waals surface area contributed by atoms with Crippen LogP contribution in [0.4, 0.5) is 4.39 Å². The second-order valence-corrected chi connectivity index (χ2v) is 8.36. The first-order valence-corrected chi connectivity index (χ1v) is 10.6. The molecule has 3 rings (SSSR count). The maximum Gasteiger partial charge on any atom is 0.285 e. The van der Waals surface area contributed by atoms with Crippen LogP contribution in [0.1, 0.15) is 38.7 Å². The third-order valence-corrected chi connectivity index (χ3v) is 6.33. The Balaban J connectivity index is 1.84. The number of hydrogen-bond acceptors (Lipinski definition) is 4. The topological polar surface area (TPSA) is 70.1 Å². The van der Waals surface area contributed by atoms with Gasteiger partial charge in [-0.3, -0.25) is 4.79 Å². The third kappa shape index (κ3) is 4.05. The van der Waals surface area contributed by atoms with Crippen LogP contribution in [0, 0.1) is 5.82 Å². The van der Waals surface area contributed by atoms with Crippen LogP contribution in [-0.2, 0) is 14.8 Å². The number of carbonyl (C=O) groups excluding carboxylic acids is 1. The molecule has 2 aliphatic heterocycles. The molecule has 1 saturated heterocycles. The highest BCUT2D eigenvalue weighted by atomic mass is 32.2. The quantitative estimate of drug-likeness (QED) is 0.792. The number of halogens is 1. The van der Waals surface area contributed by atoms with Crippen LogP contribution < -0.4 is 0 Å². The molecule has 0 radical (unpaired) electrons. The Hall–Kier alpha value is -2.22. The minimum Gasteiger partial charge on any atom is -0.354 e. The van der Waals surface area contributed by atoms with Crippen molar-refractivity contribution in [1.82, 2.24) is 9.80 Å². The van der Waals surface area contributed by atoms with E-state index in [1.54, 1.807) is 6.92 Å². The van der Waals surface area contributed by atoms with Crippen molar-refractivity contribution < 1.29 is 17.6 Å². The molecule has 1 aromatic rings. The molecule has 0 spiro atoms. The molecule has 0 aromatic heterocycles. The minimum atomic E-state index is -3.83. The van der Waals surface area contributed by atoms with E-state index >= 15 is 0 Å². The molecular weight excluding hydrogens is 369 g/mol. The van der Waals surface area contributed by atoms with E-state index < -0.39 is 15.8 Å². The summed E-state index contributed by atoms with van der Waals surface area (Å²) in [4.78, 5) is 16.1. The lowest BCUT2D eigenvalue weighted by Gasteiger charge is -2.23. The molecule has 0 aliphatic carbocycles. The third-order valence-electron chi connectivity index (χ3n) is 4.86. The molecule has 1 amide bonds. The maximum absolute atomic E-state index is 13.2. The van der Waals surface area contributed by atoms with Gasteiger partial charge in [0.05, 0.1) is 0 Å². The number of sulfonamides is 1. The van der Waals surface area contributed by atoms with E-state index in [-0.39, 0.29) is 10.8 Å². The molecule has 0 saturated carbocycles. The van der Waals surface area contributed by atoms with Gasteiger partial charge in [0.2, 0.25) is 5.91 Å². The lowest BCUT2D eigenvalue weighted by Crippen LogP contribution is -2.37. The normalized spacial score (nSPS) is 19.9. The summed E-state index contributed by atoms with van der Waals surface area (Å²) in [5, 5.41) is 0. The molecule has 0 atom stereocenters. The standard InChI is InChI=1S/C19H24FN3O3S/c1-3-5-17(24)22-10-4-11-23(13-12-22)19-14(2)18(27(25,26)21-19)15-6-8-16(20)9-7-15/h6-9H,3-5,10-13H2,1-2H3. The highest BCUT2D eigenvalue weighted by Gasteiger charge is 2.34. The summed E-state index contributed by atoms with van der Waals surface area (Å²) in [6.45, 7) is 6.11. The summed E-state index contributed by atoms with van der Waals surface area (Å²) in [5.41, 5.74) is 0.997. The largest absolute Gasteiger partial charge is 0.354 e. The summed E-state index contributed by atoms with van der Waals surface area (Å²) >= 11 is 0. The van der Waals surface area contributed by atoms with Crippen molar-refractivity contribution in [2.24, 2.45) is 4.40 Å². The van der Waals surface area contributed by atoms with Crippen LogP contribution in [0.2, 0.25) is 0 Å². The fourth-order valence-electron chi connectivity index (χ4n) is 3.54. The highest BCUT2D eigenvalue weighted by Crippen LogP contribution is 2.33. The molecule has 0 unspecified atom stereocenters. The molecule has 8 heteroatoms. The van der Waals surface area contributed by atoms with E-state index in [1.165, 1.54) is 24.3 Å². The van der Waals surface area contributed by atoms with Gasteiger partial charge in [0, 0.05) is 38.2 Å². The smallest absolute Gasteiger partial charge is 0.285 e. The van der Waals surface area contributed by atoms with Gasteiger partial charge in [-0.25, -0.2) is 4.39 Å². The number of carbonyl (C=O) groups is 1. The molecule has 0 bridgehead atoms. The summed E-state index contributed by atoms with van der Waals surface area (Å²) < 4.78 is 42.4. The summed E-state index contributed by atoms with van der Waals surface area (Å²) in [6.07, 6.45) is 2.10. The fourth-order valence-corrected chi connectivity index (χ4v) is 5.02. The Morgan fingerprint density at radius 3 is 2.52 bits per heavy atom. The van der Waals surface area contributed by atoms with Crippen molar-refractivity contribution >= 4 is 26.7 Å². The monoisotopic (exact) mass is 393 g/mol. The molecule has 1 aromatic carbocycles. The first-order valence-electron chi connectivity index (χ1n) is 9.18. The molecule has 146 valence electrons. The maximum atomic E-state index is 13.2. The van der Waals surface area contributed by atoms with E-state index in [4.69, 9.17) is 0 Å². The summed E-state index contributed by atoms with van der Waals surface area (Å²) in [7, 11) is -3.83. The van der Waals surface area contributed by atoms with Gasteiger partial charge in [0.15, 0.2) is 0 Å². The van der Waals surface area contributed by atoms with Gasteiger partial charge in [0.25, 0.3) is 10.0 Å². The zero-order chi connectivity index (χ0) is 19.6. The number of amides is 1. The van der Waals surface area contributed by atoms with E-state index in [2.05, 4.69) is 4.40 Å². The lowest BCUT2D eigenvalue weighted by molar-refractivity contribution is -0.131. The van der Waals surface area contributed by atoms with Crippen LogP contribution in [0.5, 0.6) is 0 Å². The SMILES string of the molecule is CCCC(=O)N1CCCN(C2=NS(=O)(=O)C(c3ccc(F)cc3)=C2C)CC1. The van der Waals surface area contributed by atoms with Crippen molar-refractivity contribution in [2.75, 3.05) is 26.2 Å². The van der Waals surface area contributed by atoms with Gasteiger partial charge in [-0.2, -0.15) is 8.42 Å². The van der Waals surface area contributed by atoms with Gasteiger partial charge in [-0.15, -0.1) is 4.40 Å². The predicted octanol–water partition coefficient (Wildman–Crippen LogP) is 2.63. The average molecular weight is 393 g/mol. The second kappa shape index (κ2) is 7.80. The Bertz CT molecular complexity index is 891. The molecule has 0 N–H and O–H groups in total. The van der Waals surface area contributed by atoms with E-state index in [0.717, 1.165) is 12.8 Å². The van der Waals surface area contributed by atoms with E-state index in [0.29, 0.717) is 49.6 Å². The first kappa shape index (κ1) is 19.5. The lowest BCUT2D eigenvalue weighted by atomic mass is 10.1. The van der Waals surface area contributed by atoms with E-state index in [1.807, 2.05) is 16.7 Å². The van der Waals surface area contributed by atoms with Gasteiger partial charge >= 0.3 is 0 Å². The summed E-state index contributed by atoms with van der Waals surface area (Å²) in [6, 6.07) is 5.40. The summed E-state index contributed by atoms with van der Waals surface area (Å²) in [5.74, 6) is 0.150.